The number of piperidine rings is 3. The maximum Gasteiger partial charge on any atom is 0.416 e. The number of carbonyl (C=O) groups excluding carboxylic acids is 2. The molecular formula is C38H39F3N4O2S. The van der Waals surface area contributed by atoms with Crippen molar-refractivity contribution in [2.75, 3.05) is 39.8 Å². The third kappa shape index (κ3) is 6.16. The molecule has 3 aromatic carbocycles. The van der Waals surface area contributed by atoms with Crippen molar-refractivity contribution in [3.05, 3.63) is 112 Å². The summed E-state index contributed by atoms with van der Waals surface area (Å²) in [6.07, 6.45) is -0.0162. The smallest absolute Gasteiger partial charge is 0.339 e. The number of likely N-dealkylation sites (N-methyl/N-ethyl adjacent to an activating group) is 1. The van der Waals surface area contributed by atoms with Gasteiger partial charge in [0.15, 0.2) is 0 Å². The molecule has 0 aliphatic carbocycles. The van der Waals surface area contributed by atoms with Crippen LogP contribution in [0, 0.1) is 0 Å². The molecule has 3 aliphatic rings. The van der Waals surface area contributed by atoms with E-state index in [1.165, 1.54) is 29.0 Å². The normalized spacial score (nSPS) is 22.4. The number of amides is 2. The number of likely N-dealkylation sites (tertiary alicyclic amines) is 3. The molecule has 4 heterocycles. The van der Waals surface area contributed by atoms with Crippen LogP contribution in [-0.2, 0) is 11.6 Å². The third-order valence-electron chi connectivity index (χ3n) is 10.5. The molecule has 0 saturated carbocycles. The average Bonchev–Trinajstić information content (AvgIpc) is 3.61. The van der Waals surface area contributed by atoms with E-state index in [1.807, 2.05) is 16.3 Å². The Hall–Kier alpha value is -4.02. The zero-order chi connectivity index (χ0) is 33.5. The number of alkyl halides is 3. The lowest BCUT2D eigenvalue weighted by Crippen LogP contribution is -2.63. The zero-order valence-corrected chi connectivity index (χ0v) is 27.8. The third-order valence-corrected chi connectivity index (χ3v) is 11.5. The van der Waals surface area contributed by atoms with E-state index in [9.17, 15) is 22.8 Å². The van der Waals surface area contributed by atoms with Crippen molar-refractivity contribution in [2.45, 2.75) is 55.7 Å². The highest BCUT2D eigenvalue weighted by Gasteiger charge is 2.50. The van der Waals surface area contributed by atoms with Gasteiger partial charge >= 0.3 is 6.18 Å². The van der Waals surface area contributed by atoms with Gasteiger partial charge in [-0.1, -0.05) is 60.7 Å². The Morgan fingerprint density at radius 3 is 2.29 bits per heavy atom. The van der Waals surface area contributed by atoms with E-state index in [0.29, 0.717) is 35.5 Å². The summed E-state index contributed by atoms with van der Waals surface area (Å²) in [6, 6.07) is 22.8. The minimum Gasteiger partial charge on any atom is -0.339 e. The summed E-state index contributed by atoms with van der Waals surface area (Å²) in [5.41, 5.74) is 2.66. The van der Waals surface area contributed by atoms with Gasteiger partial charge in [0, 0.05) is 54.5 Å². The molecule has 2 atom stereocenters. The first-order valence-corrected chi connectivity index (χ1v) is 17.6. The van der Waals surface area contributed by atoms with Crippen LogP contribution in [0.15, 0.2) is 84.2 Å². The molecule has 0 radical (unpaired) electrons. The van der Waals surface area contributed by atoms with Gasteiger partial charge in [0.2, 0.25) is 0 Å². The molecule has 7 rings (SSSR count). The van der Waals surface area contributed by atoms with Crippen molar-refractivity contribution >= 4 is 23.2 Å². The topological polar surface area (TPSA) is 56.8 Å². The van der Waals surface area contributed by atoms with Crippen LogP contribution in [0.2, 0.25) is 0 Å². The van der Waals surface area contributed by atoms with Crippen molar-refractivity contribution in [2.24, 2.45) is 0 Å². The first-order valence-electron chi connectivity index (χ1n) is 16.7. The number of hydrogen-bond donors (Lipinski definition) is 0. The second-order valence-electron chi connectivity index (χ2n) is 13.4. The molecule has 2 unspecified atom stereocenters. The maximum atomic E-state index is 14.1. The van der Waals surface area contributed by atoms with Crippen molar-refractivity contribution in [3.8, 4) is 11.1 Å². The van der Waals surface area contributed by atoms with E-state index >= 15 is 0 Å². The second kappa shape index (κ2) is 13.1. The number of carbonyl (C=O) groups is 2. The van der Waals surface area contributed by atoms with E-state index in [4.69, 9.17) is 4.98 Å². The van der Waals surface area contributed by atoms with Gasteiger partial charge < -0.3 is 14.7 Å². The lowest BCUT2D eigenvalue weighted by Gasteiger charge is -2.55. The van der Waals surface area contributed by atoms with Crippen LogP contribution in [-0.4, -0.2) is 77.3 Å². The zero-order valence-electron chi connectivity index (χ0n) is 27.0. The lowest BCUT2D eigenvalue weighted by atomic mass is 9.65. The predicted octanol–water partition coefficient (Wildman–Crippen LogP) is 7.73. The van der Waals surface area contributed by atoms with Crippen LogP contribution >= 0.6 is 11.3 Å². The number of thiazole rings is 1. The average molecular weight is 673 g/mol. The SMILES string of the molecule is CN1CCC2N(C(=O)c3csc(C4CCN(C(=O)c5ccccc5-c5ccc(C(F)(F)F)cc5)CC4)n3)CCCC2(c2ccccc2)C1. The number of nitrogens with zero attached hydrogens (tertiary/aromatic N) is 4. The summed E-state index contributed by atoms with van der Waals surface area (Å²) in [4.78, 5) is 38.9. The molecule has 48 heavy (non-hydrogen) atoms. The Labute approximate surface area is 283 Å². The lowest BCUT2D eigenvalue weighted by molar-refractivity contribution is -0.137. The number of halogens is 3. The van der Waals surface area contributed by atoms with Gasteiger partial charge in [-0.2, -0.15) is 13.2 Å². The van der Waals surface area contributed by atoms with Crippen molar-refractivity contribution in [1.82, 2.24) is 19.7 Å². The fourth-order valence-electron chi connectivity index (χ4n) is 8.13. The molecule has 2 amide bonds. The maximum absolute atomic E-state index is 14.1. The number of fused-ring (bicyclic) bond motifs is 1. The monoisotopic (exact) mass is 672 g/mol. The van der Waals surface area contributed by atoms with E-state index < -0.39 is 11.7 Å². The van der Waals surface area contributed by atoms with Crippen LogP contribution in [0.4, 0.5) is 13.2 Å². The quantitative estimate of drug-likeness (QED) is 0.218. The van der Waals surface area contributed by atoms with Gasteiger partial charge in [0.1, 0.15) is 5.69 Å². The molecule has 0 N–H and O–H groups in total. The minimum absolute atomic E-state index is 0.0135. The summed E-state index contributed by atoms with van der Waals surface area (Å²) >= 11 is 1.53. The highest BCUT2D eigenvalue weighted by Crippen LogP contribution is 2.44. The fraction of sp³-hybridized carbons (Fsp3) is 0.395. The molecule has 3 saturated heterocycles. The fourth-order valence-corrected chi connectivity index (χ4v) is 9.09. The molecule has 3 fully saturated rings. The summed E-state index contributed by atoms with van der Waals surface area (Å²) in [7, 11) is 2.17. The minimum atomic E-state index is -4.42. The Kier molecular flexibility index (Phi) is 8.89. The Bertz CT molecular complexity index is 1770. The first-order chi connectivity index (χ1) is 23.1. The molecule has 0 bridgehead atoms. The number of aromatic nitrogens is 1. The van der Waals surface area contributed by atoms with Crippen LogP contribution < -0.4 is 0 Å². The highest BCUT2D eigenvalue weighted by atomic mass is 32.1. The number of hydrogen-bond acceptors (Lipinski definition) is 5. The van der Waals surface area contributed by atoms with Gasteiger partial charge in [-0.15, -0.1) is 11.3 Å². The summed E-state index contributed by atoms with van der Waals surface area (Å²) in [5, 5.41) is 2.84. The summed E-state index contributed by atoms with van der Waals surface area (Å²) in [5.74, 6) is 0.0301. The molecule has 4 aromatic rings. The van der Waals surface area contributed by atoms with E-state index in [2.05, 4.69) is 41.1 Å². The van der Waals surface area contributed by atoms with Crippen LogP contribution in [0.25, 0.3) is 11.1 Å². The molecule has 0 spiro atoms. The van der Waals surface area contributed by atoms with Crippen LogP contribution in [0.5, 0.6) is 0 Å². The standard InChI is InChI=1S/C38H39F3N4O2S/c1-43-21-18-33-37(25-43,28-8-3-2-4-9-28)19-7-20-45(33)36(47)32-24-48-34(42-32)27-16-22-44(23-17-27)35(46)31-11-6-5-10-30(31)26-12-14-29(15-13-26)38(39,40)41/h2-6,8-15,24,27,33H,7,16-23,25H2,1H3. The van der Waals surface area contributed by atoms with Crippen molar-refractivity contribution in [3.63, 3.8) is 0 Å². The van der Waals surface area contributed by atoms with Gasteiger partial charge in [0.25, 0.3) is 11.8 Å². The molecule has 3 aliphatic heterocycles. The van der Waals surface area contributed by atoms with E-state index in [1.54, 1.807) is 24.3 Å². The van der Waals surface area contributed by atoms with Gasteiger partial charge in [0.05, 0.1) is 10.6 Å². The second-order valence-corrected chi connectivity index (χ2v) is 14.3. The molecular weight excluding hydrogens is 634 g/mol. The van der Waals surface area contributed by atoms with E-state index in [-0.39, 0.29) is 29.2 Å². The Morgan fingerprint density at radius 1 is 0.854 bits per heavy atom. The predicted molar refractivity (Wildman–Crippen MR) is 181 cm³/mol. The van der Waals surface area contributed by atoms with Gasteiger partial charge in [-0.25, -0.2) is 4.98 Å². The van der Waals surface area contributed by atoms with Gasteiger partial charge in [-0.3, -0.25) is 9.59 Å². The summed E-state index contributed by atoms with van der Waals surface area (Å²) < 4.78 is 39.3. The molecule has 1 aromatic heterocycles. The van der Waals surface area contributed by atoms with E-state index in [0.717, 1.165) is 68.9 Å². The van der Waals surface area contributed by atoms with Gasteiger partial charge in [-0.05, 0) is 80.6 Å². The molecule has 10 heteroatoms. The van der Waals surface area contributed by atoms with Crippen molar-refractivity contribution in [1.29, 1.82) is 0 Å². The highest BCUT2D eigenvalue weighted by molar-refractivity contribution is 7.09. The number of rotatable bonds is 5. The Balaban J connectivity index is 1.03. The van der Waals surface area contributed by atoms with Crippen molar-refractivity contribution < 1.29 is 22.8 Å². The summed E-state index contributed by atoms with van der Waals surface area (Å²) in [6.45, 7) is 3.70. The van der Waals surface area contributed by atoms with Crippen LogP contribution in [0.3, 0.4) is 0 Å². The first kappa shape index (κ1) is 32.5. The largest absolute Gasteiger partial charge is 0.416 e. The number of benzene rings is 3. The molecule has 250 valence electrons. The van der Waals surface area contributed by atoms with Crippen LogP contribution in [0.1, 0.15) is 75.0 Å². The Morgan fingerprint density at radius 2 is 1.56 bits per heavy atom. The molecule has 6 nitrogen and oxygen atoms in total.